The van der Waals surface area contributed by atoms with Crippen molar-refractivity contribution >= 4 is 25.0 Å². The highest BCUT2D eigenvalue weighted by atomic mass is 28.3. The predicted octanol–water partition coefficient (Wildman–Crippen LogP) is 2.80. The van der Waals surface area contributed by atoms with Gasteiger partial charge >= 0.3 is 0 Å². The van der Waals surface area contributed by atoms with Crippen molar-refractivity contribution in [1.82, 2.24) is 10.5 Å². The molecule has 2 aromatic carbocycles. The summed E-state index contributed by atoms with van der Waals surface area (Å²) in [6.07, 6.45) is 0.153. The van der Waals surface area contributed by atoms with Crippen LogP contribution in [0.15, 0.2) is 63.9 Å². The molecule has 2 N–H and O–H groups in total. The molecule has 0 saturated heterocycles. The molecule has 31 heavy (non-hydrogen) atoms. The Morgan fingerprint density at radius 1 is 1.06 bits per heavy atom. The molecule has 1 unspecified atom stereocenters. The summed E-state index contributed by atoms with van der Waals surface area (Å²) in [6.45, 7) is 6.80. The van der Waals surface area contributed by atoms with Crippen LogP contribution in [0.5, 0.6) is 5.75 Å². The third-order valence-electron chi connectivity index (χ3n) is 4.99. The van der Waals surface area contributed by atoms with Crippen molar-refractivity contribution < 1.29 is 18.8 Å². The molecular formula is C23H26N2O5Si. The van der Waals surface area contributed by atoms with Gasteiger partial charge in [0, 0.05) is 6.42 Å². The molecule has 7 nitrogen and oxygen atoms in total. The van der Waals surface area contributed by atoms with E-state index in [1.165, 1.54) is 5.19 Å². The number of benzene rings is 2. The summed E-state index contributed by atoms with van der Waals surface area (Å²) in [4.78, 5) is 37.0. The van der Waals surface area contributed by atoms with E-state index in [-0.39, 0.29) is 18.0 Å². The number of ketones is 1. The summed E-state index contributed by atoms with van der Waals surface area (Å²) in [6, 6.07) is 15.1. The lowest BCUT2D eigenvalue weighted by atomic mass is 9.97. The Morgan fingerprint density at radius 3 is 2.23 bits per heavy atom. The van der Waals surface area contributed by atoms with Crippen LogP contribution in [0.4, 0.5) is 0 Å². The topological polar surface area (TPSA) is 101 Å². The van der Waals surface area contributed by atoms with E-state index in [1.807, 2.05) is 12.1 Å². The zero-order chi connectivity index (χ0) is 22.6. The molecule has 0 aliphatic rings. The summed E-state index contributed by atoms with van der Waals surface area (Å²) in [5.74, 6) is -0.380. The molecule has 0 bridgehead atoms. The molecule has 0 spiro atoms. The van der Waals surface area contributed by atoms with E-state index >= 15 is 0 Å². The number of aromatic amines is 1. The van der Waals surface area contributed by atoms with Gasteiger partial charge in [0.1, 0.15) is 11.8 Å². The van der Waals surface area contributed by atoms with Gasteiger partial charge in [0.05, 0.1) is 21.3 Å². The third-order valence-corrected chi connectivity index (χ3v) is 7.06. The molecule has 1 amide bonds. The van der Waals surface area contributed by atoms with Crippen molar-refractivity contribution in [2.24, 2.45) is 0 Å². The second kappa shape index (κ2) is 9.17. The standard InChI is InChI=1S/C23H26N2O5Si/c1-29-17-9-7-16(8-10-17)22(24-23(28)20-14-21(27)25-30-20)19(26)13-15-5-11-18(12-6-15)31(2,3)4/h5-12,14,22H,13H2,1-4H3,(H,24,28)(H,25,27). The van der Waals surface area contributed by atoms with E-state index in [9.17, 15) is 14.4 Å². The van der Waals surface area contributed by atoms with Crippen molar-refractivity contribution in [3.05, 3.63) is 81.8 Å². The fourth-order valence-corrected chi connectivity index (χ4v) is 4.34. The number of Topliss-reactive ketones (excluding diaryl/α,β-unsaturated/α-hetero) is 1. The number of aromatic nitrogens is 1. The van der Waals surface area contributed by atoms with Crippen molar-refractivity contribution in [3.63, 3.8) is 0 Å². The van der Waals surface area contributed by atoms with Crippen molar-refractivity contribution in [2.75, 3.05) is 7.11 Å². The van der Waals surface area contributed by atoms with Crippen LogP contribution in [0, 0.1) is 0 Å². The maximum atomic E-state index is 13.2. The maximum Gasteiger partial charge on any atom is 0.290 e. The number of hydrogen-bond acceptors (Lipinski definition) is 5. The zero-order valence-electron chi connectivity index (χ0n) is 18.0. The molecule has 0 aliphatic carbocycles. The Kier molecular flexibility index (Phi) is 6.60. The first-order valence-corrected chi connectivity index (χ1v) is 13.4. The van der Waals surface area contributed by atoms with Crippen molar-refractivity contribution in [2.45, 2.75) is 32.1 Å². The first kappa shape index (κ1) is 22.3. The molecule has 3 aromatic rings. The van der Waals surface area contributed by atoms with Gasteiger partial charge < -0.3 is 14.6 Å². The first-order valence-electron chi connectivity index (χ1n) is 9.93. The molecule has 162 valence electrons. The number of ether oxygens (including phenoxy) is 1. The number of amides is 1. The van der Waals surface area contributed by atoms with Gasteiger partial charge in [-0.1, -0.05) is 61.2 Å². The van der Waals surface area contributed by atoms with E-state index in [2.05, 4.69) is 42.2 Å². The zero-order valence-corrected chi connectivity index (χ0v) is 19.0. The van der Waals surface area contributed by atoms with E-state index in [4.69, 9.17) is 9.26 Å². The van der Waals surface area contributed by atoms with Crippen LogP contribution in [0.2, 0.25) is 19.6 Å². The maximum absolute atomic E-state index is 13.2. The summed E-state index contributed by atoms with van der Waals surface area (Å²) >= 11 is 0. The smallest absolute Gasteiger partial charge is 0.290 e. The van der Waals surface area contributed by atoms with Crippen LogP contribution >= 0.6 is 0 Å². The SMILES string of the molecule is COc1ccc(C(NC(=O)c2cc(=O)[nH]o2)C(=O)Cc2ccc([Si](C)(C)C)cc2)cc1. The number of rotatable bonds is 8. The van der Waals surface area contributed by atoms with Gasteiger partial charge in [-0.2, -0.15) is 5.16 Å². The van der Waals surface area contributed by atoms with Crippen LogP contribution < -0.4 is 20.8 Å². The summed E-state index contributed by atoms with van der Waals surface area (Å²) in [7, 11) is 0.123. The van der Waals surface area contributed by atoms with E-state index < -0.39 is 25.6 Å². The monoisotopic (exact) mass is 438 g/mol. The van der Waals surface area contributed by atoms with Crippen LogP contribution in [0.25, 0.3) is 0 Å². The Balaban J connectivity index is 1.84. The van der Waals surface area contributed by atoms with Crippen LogP contribution in [0.3, 0.4) is 0 Å². The van der Waals surface area contributed by atoms with Crippen LogP contribution in [-0.4, -0.2) is 32.0 Å². The highest BCUT2D eigenvalue weighted by Gasteiger charge is 2.25. The molecule has 0 radical (unpaired) electrons. The minimum absolute atomic E-state index is 0.153. The minimum atomic E-state index is -1.43. The number of carbonyl (C=O) groups is 2. The van der Waals surface area contributed by atoms with Gasteiger partial charge in [-0.15, -0.1) is 0 Å². The largest absolute Gasteiger partial charge is 0.497 e. The quantitative estimate of drug-likeness (QED) is 0.527. The third kappa shape index (κ3) is 5.61. The van der Waals surface area contributed by atoms with Crippen LogP contribution in [0.1, 0.15) is 27.7 Å². The molecule has 1 atom stereocenters. The highest BCUT2D eigenvalue weighted by Crippen LogP contribution is 2.21. The lowest BCUT2D eigenvalue weighted by Crippen LogP contribution is -2.37. The average Bonchev–Trinajstić information content (AvgIpc) is 3.18. The second-order valence-electron chi connectivity index (χ2n) is 8.35. The van der Waals surface area contributed by atoms with Gasteiger partial charge in [-0.05, 0) is 23.3 Å². The molecular weight excluding hydrogens is 412 g/mol. The number of carbonyl (C=O) groups excluding carboxylic acids is 2. The fraction of sp³-hybridized carbons (Fsp3) is 0.261. The summed E-state index contributed by atoms with van der Waals surface area (Å²) < 4.78 is 10.0. The predicted molar refractivity (Wildman–Crippen MR) is 121 cm³/mol. The molecule has 1 aromatic heterocycles. The van der Waals surface area contributed by atoms with E-state index in [0.717, 1.165) is 11.6 Å². The Hall–Kier alpha value is -3.39. The fourth-order valence-electron chi connectivity index (χ4n) is 3.17. The number of methoxy groups -OCH3 is 1. The highest BCUT2D eigenvalue weighted by molar-refractivity contribution is 6.88. The van der Waals surface area contributed by atoms with Gasteiger partial charge in [0.15, 0.2) is 5.78 Å². The van der Waals surface area contributed by atoms with E-state index in [0.29, 0.717) is 11.3 Å². The van der Waals surface area contributed by atoms with Gasteiger partial charge in [0.25, 0.3) is 11.5 Å². The number of nitrogens with one attached hydrogen (secondary N) is 2. The van der Waals surface area contributed by atoms with Crippen molar-refractivity contribution in [3.8, 4) is 5.75 Å². The molecule has 3 rings (SSSR count). The van der Waals surface area contributed by atoms with E-state index in [1.54, 1.807) is 31.4 Å². The Morgan fingerprint density at radius 2 is 1.71 bits per heavy atom. The normalized spacial score (nSPS) is 12.3. The first-order chi connectivity index (χ1) is 14.7. The Labute approximate surface area is 181 Å². The van der Waals surface area contributed by atoms with Gasteiger partial charge in [-0.3, -0.25) is 14.4 Å². The molecule has 0 saturated carbocycles. The molecule has 0 aliphatic heterocycles. The number of H-pyrrole nitrogens is 1. The Bertz CT molecular complexity index is 1110. The molecule has 0 fully saturated rings. The summed E-state index contributed by atoms with van der Waals surface area (Å²) in [5.41, 5.74) is 0.948. The van der Waals surface area contributed by atoms with Gasteiger partial charge in [0.2, 0.25) is 5.76 Å². The lowest BCUT2D eigenvalue weighted by Gasteiger charge is -2.19. The van der Waals surface area contributed by atoms with Crippen LogP contribution in [-0.2, 0) is 11.2 Å². The molecule has 1 heterocycles. The van der Waals surface area contributed by atoms with Gasteiger partial charge in [-0.25, -0.2) is 0 Å². The summed E-state index contributed by atoms with van der Waals surface area (Å²) in [5, 5.41) is 6.07. The minimum Gasteiger partial charge on any atom is -0.497 e. The lowest BCUT2D eigenvalue weighted by molar-refractivity contribution is -0.120. The molecule has 8 heteroatoms. The van der Waals surface area contributed by atoms with Crippen molar-refractivity contribution in [1.29, 1.82) is 0 Å². The number of hydrogen-bond donors (Lipinski definition) is 2. The second-order valence-corrected chi connectivity index (χ2v) is 13.4. The average molecular weight is 439 g/mol.